The van der Waals surface area contributed by atoms with Gasteiger partial charge in [0.15, 0.2) is 8.07 Å². The molecule has 0 saturated carbocycles. The minimum atomic E-state index is -2.65. The van der Waals surface area contributed by atoms with E-state index in [9.17, 15) is 0 Å². The first kappa shape index (κ1) is 42.9. The smallest absolute Gasteiger partial charge is 0.180 e. The maximum absolute atomic E-state index is 6.85. The molecule has 1 aromatic heterocycles. The highest BCUT2D eigenvalue weighted by Gasteiger charge is 2.48. The predicted molar refractivity (Wildman–Crippen MR) is 311 cm³/mol. The highest BCUT2D eigenvalue weighted by atomic mass is 28.3. The molecule has 3 heteroatoms. The maximum Gasteiger partial charge on any atom is 0.180 e. The summed E-state index contributed by atoms with van der Waals surface area (Å²) in [4.78, 5) is 2.46. The van der Waals surface area contributed by atoms with Gasteiger partial charge >= 0.3 is 0 Å². The zero-order valence-electron chi connectivity index (χ0n) is 41.6. The van der Waals surface area contributed by atoms with Crippen molar-refractivity contribution in [3.05, 3.63) is 283 Å². The second-order valence-electron chi connectivity index (χ2n) is 21.3. The molecule has 0 saturated heterocycles. The number of fused-ring (bicyclic) bond motifs is 12. The van der Waals surface area contributed by atoms with Crippen LogP contribution in [-0.2, 0) is 10.8 Å². The van der Waals surface area contributed by atoms with Crippen molar-refractivity contribution in [2.45, 2.75) is 31.6 Å². The van der Waals surface area contributed by atoms with E-state index in [4.69, 9.17) is 4.42 Å². The molecule has 350 valence electrons. The Morgan fingerprint density at radius 2 is 0.878 bits per heavy atom. The van der Waals surface area contributed by atoms with E-state index in [1.165, 1.54) is 87.5 Å². The van der Waals surface area contributed by atoms with Crippen molar-refractivity contribution in [3.63, 3.8) is 0 Å². The average Bonchev–Trinajstić information content (AvgIpc) is 4.17. The molecule has 0 amide bonds. The Balaban J connectivity index is 0.870. The van der Waals surface area contributed by atoms with Crippen molar-refractivity contribution in [2.75, 3.05) is 4.90 Å². The highest BCUT2D eigenvalue weighted by Crippen LogP contribution is 2.54. The fourth-order valence-electron chi connectivity index (χ4n) is 13.7. The Kier molecular flexibility index (Phi) is 9.19. The Bertz CT molecular complexity index is 4180. The van der Waals surface area contributed by atoms with Crippen LogP contribution in [0.15, 0.2) is 259 Å². The lowest BCUT2D eigenvalue weighted by Gasteiger charge is -2.32. The third kappa shape index (κ3) is 5.93. The van der Waals surface area contributed by atoms with Gasteiger partial charge in [0.2, 0.25) is 0 Å². The van der Waals surface area contributed by atoms with Crippen LogP contribution in [-0.4, -0.2) is 8.07 Å². The van der Waals surface area contributed by atoms with E-state index in [0.717, 1.165) is 44.6 Å². The Hall–Kier alpha value is -8.76. The molecule has 2 aliphatic carbocycles. The highest BCUT2D eigenvalue weighted by molar-refractivity contribution is 7.22. The molecule has 2 nitrogen and oxygen atoms in total. The van der Waals surface area contributed by atoms with E-state index in [1.807, 2.05) is 0 Å². The van der Waals surface area contributed by atoms with Crippen LogP contribution in [0.25, 0.3) is 66.4 Å². The summed E-state index contributed by atoms with van der Waals surface area (Å²) < 4.78 is 6.85. The lowest BCUT2D eigenvalue weighted by atomic mass is 9.74. The molecule has 15 rings (SSSR count). The van der Waals surface area contributed by atoms with Crippen molar-refractivity contribution < 1.29 is 4.42 Å². The lowest BCUT2D eigenvalue weighted by Crippen LogP contribution is -2.72. The third-order valence-corrected chi connectivity index (χ3v) is 22.1. The van der Waals surface area contributed by atoms with Gasteiger partial charge in [-0.2, -0.15) is 0 Å². The molecule has 0 spiro atoms. The average molecular weight is 962 g/mol. The van der Waals surface area contributed by atoms with E-state index in [-0.39, 0.29) is 10.8 Å². The molecular formula is C71H51NOSi. The van der Waals surface area contributed by atoms with Crippen LogP contribution in [0.5, 0.6) is 0 Å². The minimum absolute atomic E-state index is 0.154. The molecule has 0 fully saturated rings. The number of anilines is 3. The van der Waals surface area contributed by atoms with Crippen LogP contribution in [0, 0.1) is 0 Å². The van der Waals surface area contributed by atoms with E-state index < -0.39 is 8.07 Å². The first-order chi connectivity index (χ1) is 36.3. The Morgan fingerprint density at radius 3 is 1.59 bits per heavy atom. The van der Waals surface area contributed by atoms with Crippen molar-refractivity contribution in [1.82, 2.24) is 0 Å². The number of rotatable bonds is 7. The number of furan rings is 1. The third-order valence-electron chi connectivity index (χ3n) is 17.2. The lowest BCUT2D eigenvalue weighted by molar-refractivity contribution is 0.660. The minimum Gasteiger partial charge on any atom is -0.456 e. The van der Waals surface area contributed by atoms with Gasteiger partial charge in [0.25, 0.3) is 0 Å². The van der Waals surface area contributed by atoms with Crippen LogP contribution >= 0.6 is 0 Å². The molecule has 0 unspecified atom stereocenters. The summed E-state index contributed by atoms with van der Waals surface area (Å²) in [5.74, 6) is 0. The summed E-state index contributed by atoms with van der Waals surface area (Å²) in [7, 11) is -2.65. The van der Waals surface area contributed by atoms with Crippen molar-refractivity contribution in [1.29, 1.82) is 0 Å². The molecule has 0 N–H and O–H groups in total. The zero-order chi connectivity index (χ0) is 49.3. The van der Waals surface area contributed by atoms with Gasteiger partial charge in [-0.15, -0.1) is 0 Å². The van der Waals surface area contributed by atoms with Crippen LogP contribution in [0.4, 0.5) is 17.1 Å². The topological polar surface area (TPSA) is 16.4 Å². The van der Waals surface area contributed by atoms with Gasteiger partial charge in [-0.3, -0.25) is 0 Å². The Labute approximate surface area is 433 Å². The fourth-order valence-corrected chi connectivity index (χ4v) is 18.9. The van der Waals surface area contributed by atoms with E-state index in [0.29, 0.717) is 0 Å². The number of hydrogen-bond donors (Lipinski definition) is 0. The quantitative estimate of drug-likeness (QED) is 0.148. The van der Waals surface area contributed by atoms with Crippen LogP contribution in [0.3, 0.4) is 0 Å². The summed E-state index contributed by atoms with van der Waals surface area (Å²) >= 11 is 0. The predicted octanol–water partition coefficient (Wildman–Crippen LogP) is 15.7. The van der Waals surface area contributed by atoms with Gasteiger partial charge in [0.1, 0.15) is 11.2 Å². The molecule has 11 aromatic carbocycles. The first-order valence-corrected chi connectivity index (χ1v) is 28.0. The molecule has 3 aliphatic rings. The largest absolute Gasteiger partial charge is 0.456 e. The summed E-state index contributed by atoms with van der Waals surface area (Å²) in [5, 5.41) is 7.87. The molecule has 2 heterocycles. The van der Waals surface area contributed by atoms with Crippen molar-refractivity contribution in [3.8, 4) is 44.5 Å². The maximum atomic E-state index is 6.85. The van der Waals surface area contributed by atoms with Crippen molar-refractivity contribution in [2.24, 2.45) is 0 Å². The van der Waals surface area contributed by atoms with Gasteiger partial charge in [0.05, 0.1) is 0 Å². The standard InChI is InChI=1S/C71H51NOSi/c1-70(2)62-30-12-7-25-54(62)57-39-36-51(45-65(57)70)72(49-21-18-20-48(43-49)71(3)63-31-13-8-26-55(63)56-27-9-14-32-64(56)71)50-37-40-66-61(44-50)58-38-35-47(42-67(58)73-66)46-19-17-24-53(41-46)74(52-22-5-4-6-23-52)68-33-15-10-28-59(68)60-29-11-16-34-69(60)74/h4-45H,1-3H3. The van der Waals surface area contributed by atoms with E-state index >= 15 is 0 Å². The Morgan fingerprint density at radius 1 is 0.338 bits per heavy atom. The van der Waals surface area contributed by atoms with Crippen LogP contribution in [0.2, 0.25) is 0 Å². The van der Waals surface area contributed by atoms with Crippen LogP contribution in [0.1, 0.15) is 48.6 Å². The molecule has 0 radical (unpaired) electrons. The molecule has 0 atom stereocenters. The summed E-state index contributed by atoms with van der Waals surface area (Å²) in [5.41, 5.74) is 21.5. The van der Waals surface area contributed by atoms with E-state index in [2.05, 4.69) is 280 Å². The van der Waals surface area contributed by atoms with Gasteiger partial charge in [-0.05, 0) is 155 Å². The summed E-state index contributed by atoms with van der Waals surface area (Å²) in [6, 6.07) is 95.5. The molecule has 1 aliphatic heterocycles. The number of nitrogens with zero attached hydrogens (tertiary/aromatic N) is 1. The fraction of sp³-hybridized carbons (Fsp3) is 0.0704. The molecule has 12 aromatic rings. The van der Waals surface area contributed by atoms with Gasteiger partial charge in [0, 0.05) is 38.7 Å². The number of benzene rings is 11. The molecule has 74 heavy (non-hydrogen) atoms. The van der Waals surface area contributed by atoms with Gasteiger partial charge in [-0.1, -0.05) is 214 Å². The van der Waals surface area contributed by atoms with Gasteiger partial charge < -0.3 is 9.32 Å². The van der Waals surface area contributed by atoms with E-state index in [1.54, 1.807) is 0 Å². The number of hydrogen-bond acceptors (Lipinski definition) is 2. The monoisotopic (exact) mass is 961 g/mol. The van der Waals surface area contributed by atoms with Gasteiger partial charge in [-0.25, -0.2) is 0 Å². The zero-order valence-corrected chi connectivity index (χ0v) is 42.6. The molecule has 0 bridgehead atoms. The van der Waals surface area contributed by atoms with Crippen molar-refractivity contribution >= 4 is 67.8 Å². The molecular weight excluding hydrogens is 911 g/mol. The SMILES string of the molecule is CC1(C)c2ccccc2-c2ccc(N(c3cccc(C4(C)c5ccccc5-c5ccccc54)c3)c3ccc4oc5cc(-c6cccc([Si]7(c8ccccc8)c8ccccc8-c8ccccc87)c6)ccc5c4c3)cc21. The second-order valence-corrected chi connectivity index (χ2v) is 25.0. The summed E-state index contributed by atoms with van der Waals surface area (Å²) in [6.07, 6.45) is 0. The second kappa shape index (κ2) is 15.9. The van der Waals surface area contributed by atoms with Crippen LogP contribution < -0.4 is 25.6 Å². The normalized spacial score (nSPS) is 14.7. The first-order valence-electron chi connectivity index (χ1n) is 26.0. The summed E-state index contributed by atoms with van der Waals surface area (Å²) in [6.45, 7) is 7.14.